The second-order valence-electron chi connectivity index (χ2n) is 4.24. The van der Waals surface area contributed by atoms with E-state index in [9.17, 15) is 24.1 Å². The highest BCUT2D eigenvalue weighted by Gasteiger charge is 2.25. The van der Waals surface area contributed by atoms with Crippen molar-refractivity contribution in [3.05, 3.63) is 33.6 Å². The highest BCUT2D eigenvalue weighted by Crippen LogP contribution is 2.24. The lowest BCUT2D eigenvalue weighted by molar-refractivity contribution is -0.385. The molecule has 21 heavy (non-hydrogen) atoms. The van der Waals surface area contributed by atoms with Gasteiger partial charge in [-0.2, -0.15) is 0 Å². The molecular formula is C12H15FN4O4. The first-order chi connectivity index (χ1) is 9.77. The van der Waals surface area contributed by atoms with Crippen LogP contribution >= 0.6 is 0 Å². The van der Waals surface area contributed by atoms with Crippen LogP contribution in [0.25, 0.3) is 0 Å². The van der Waals surface area contributed by atoms with Gasteiger partial charge in [0.25, 0.3) is 11.6 Å². The predicted octanol–water partition coefficient (Wildman–Crippen LogP) is 0.570. The highest BCUT2D eigenvalue weighted by molar-refractivity contribution is 6.01. The fraction of sp³-hybridized carbons (Fsp3) is 0.333. The lowest BCUT2D eigenvalue weighted by atomic mass is 10.1. The molecule has 1 aromatic rings. The number of nitrogens with two attached hydrogens (primary N) is 1. The summed E-state index contributed by atoms with van der Waals surface area (Å²) < 4.78 is 13.2. The van der Waals surface area contributed by atoms with Gasteiger partial charge in [0.2, 0.25) is 5.91 Å². The van der Waals surface area contributed by atoms with E-state index in [2.05, 4.69) is 10.6 Å². The molecule has 0 heterocycles. The average molecular weight is 298 g/mol. The molecule has 1 rings (SSSR count). The van der Waals surface area contributed by atoms with Crippen LogP contribution in [0, 0.1) is 15.9 Å². The van der Waals surface area contributed by atoms with Crippen LogP contribution in [0.3, 0.4) is 0 Å². The van der Waals surface area contributed by atoms with Crippen molar-refractivity contribution in [2.45, 2.75) is 19.9 Å². The number of hydrogen-bond donors (Lipinski definition) is 3. The summed E-state index contributed by atoms with van der Waals surface area (Å²) >= 11 is 0. The van der Waals surface area contributed by atoms with Crippen molar-refractivity contribution >= 4 is 23.2 Å². The Labute approximate surface area is 119 Å². The summed E-state index contributed by atoms with van der Waals surface area (Å²) in [6.45, 7) is 3.50. The minimum atomic E-state index is -0.991. The molecule has 0 saturated carbocycles. The predicted molar refractivity (Wildman–Crippen MR) is 73.1 cm³/mol. The van der Waals surface area contributed by atoms with E-state index in [1.165, 1.54) is 6.92 Å². The lowest BCUT2D eigenvalue weighted by Crippen LogP contribution is -2.44. The molecule has 0 fully saturated rings. The number of amides is 2. The smallest absolute Gasteiger partial charge is 0.285 e. The molecule has 1 unspecified atom stereocenters. The third-order valence-corrected chi connectivity index (χ3v) is 2.65. The molecule has 0 aromatic heterocycles. The SMILES string of the molecule is CCNC(=O)C(C)NC(=O)c1cc(N)c(F)cc1[N+](=O)[O-]. The van der Waals surface area contributed by atoms with Crippen molar-refractivity contribution in [2.75, 3.05) is 12.3 Å². The summed E-state index contributed by atoms with van der Waals surface area (Å²) in [6.07, 6.45) is 0. The Bertz CT molecular complexity index is 591. The molecule has 114 valence electrons. The summed E-state index contributed by atoms with van der Waals surface area (Å²) in [7, 11) is 0. The third-order valence-electron chi connectivity index (χ3n) is 2.65. The quantitative estimate of drug-likeness (QED) is 0.416. The number of nitro benzene ring substituents is 1. The summed E-state index contributed by atoms with van der Waals surface area (Å²) in [5.41, 5.74) is 3.79. The van der Waals surface area contributed by atoms with Crippen molar-refractivity contribution in [2.24, 2.45) is 0 Å². The summed E-state index contributed by atoms with van der Waals surface area (Å²) in [6, 6.07) is 0.539. The van der Waals surface area contributed by atoms with Crippen LogP contribution < -0.4 is 16.4 Å². The van der Waals surface area contributed by atoms with Crippen LogP contribution in [0.1, 0.15) is 24.2 Å². The molecule has 9 heteroatoms. The Hall–Kier alpha value is -2.71. The second-order valence-corrected chi connectivity index (χ2v) is 4.24. The zero-order valence-corrected chi connectivity index (χ0v) is 11.5. The maximum atomic E-state index is 13.2. The number of nitrogen functional groups attached to an aromatic ring is 1. The van der Waals surface area contributed by atoms with Gasteiger partial charge in [-0.25, -0.2) is 4.39 Å². The molecule has 0 spiro atoms. The van der Waals surface area contributed by atoms with Gasteiger partial charge in [0, 0.05) is 6.54 Å². The summed E-state index contributed by atoms with van der Waals surface area (Å²) in [5.74, 6) is -2.31. The molecule has 4 N–H and O–H groups in total. The first kappa shape index (κ1) is 16.3. The van der Waals surface area contributed by atoms with Gasteiger partial charge in [0.05, 0.1) is 16.7 Å². The summed E-state index contributed by atoms with van der Waals surface area (Å²) in [4.78, 5) is 33.4. The Morgan fingerprint density at radius 1 is 1.48 bits per heavy atom. The lowest BCUT2D eigenvalue weighted by Gasteiger charge is -2.13. The maximum absolute atomic E-state index is 13.2. The van der Waals surface area contributed by atoms with Gasteiger partial charge < -0.3 is 16.4 Å². The van der Waals surface area contributed by atoms with Gasteiger partial charge in [-0.1, -0.05) is 0 Å². The first-order valence-electron chi connectivity index (χ1n) is 6.09. The average Bonchev–Trinajstić information content (AvgIpc) is 2.41. The van der Waals surface area contributed by atoms with Crippen molar-refractivity contribution in [3.8, 4) is 0 Å². The van der Waals surface area contributed by atoms with E-state index in [0.29, 0.717) is 12.6 Å². The Kier molecular flexibility index (Phi) is 5.17. The number of nitro groups is 1. The Morgan fingerprint density at radius 3 is 2.62 bits per heavy atom. The molecule has 0 radical (unpaired) electrons. The molecule has 0 aliphatic rings. The van der Waals surface area contributed by atoms with E-state index in [0.717, 1.165) is 6.07 Å². The minimum absolute atomic E-state index is 0.378. The van der Waals surface area contributed by atoms with Crippen molar-refractivity contribution in [3.63, 3.8) is 0 Å². The number of carbonyl (C=O) groups is 2. The van der Waals surface area contributed by atoms with E-state index in [1.54, 1.807) is 6.92 Å². The number of likely N-dealkylation sites (N-methyl/N-ethyl adjacent to an activating group) is 1. The van der Waals surface area contributed by atoms with Crippen LogP contribution in [-0.2, 0) is 4.79 Å². The van der Waals surface area contributed by atoms with Crippen LogP contribution in [-0.4, -0.2) is 29.3 Å². The summed E-state index contributed by atoms with van der Waals surface area (Å²) in [5, 5.41) is 15.6. The molecule has 2 amide bonds. The second kappa shape index (κ2) is 6.64. The molecule has 1 aromatic carbocycles. The topological polar surface area (TPSA) is 127 Å². The molecule has 1 atom stereocenters. The third kappa shape index (κ3) is 3.88. The zero-order chi connectivity index (χ0) is 16.2. The molecule has 0 saturated heterocycles. The van der Waals surface area contributed by atoms with Crippen molar-refractivity contribution < 1.29 is 18.9 Å². The zero-order valence-electron chi connectivity index (χ0n) is 11.5. The fourth-order valence-corrected chi connectivity index (χ4v) is 1.58. The number of nitrogens with one attached hydrogen (secondary N) is 2. The van der Waals surface area contributed by atoms with Gasteiger partial charge in [-0.3, -0.25) is 19.7 Å². The number of carbonyl (C=O) groups excluding carboxylic acids is 2. The number of hydrogen-bond acceptors (Lipinski definition) is 5. The normalized spacial score (nSPS) is 11.6. The Morgan fingerprint density at radius 2 is 2.10 bits per heavy atom. The van der Waals surface area contributed by atoms with Crippen LogP contribution in [0.2, 0.25) is 0 Å². The van der Waals surface area contributed by atoms with Crippen LogP contribution in [0.5, 0.6) is 0 Å². The first-order valence-corrected chi connectivity index (χ1v) is 6.09. The number of rotatable bonds is 5. The molecule has 0 aliphatic carbocycles. The number of nitrogens with zero attached hydrogens (tertiary/aromatic N) is 1. The van der Waals surface area contributed by atoms with E-state index < -0.39 is 45.5 Å². The molecule has 0 aliphatic heterocycles. The number of halogens is 1. The van der Waals surface area contributed by atoms with Crippen molar-refractivity contribution in [1.82, 2.24) is 10.6 Å². The monoisotopic (exact) mass is 298 g/mol. The van der Waals surface area contributed by atoms with Gasteiger partial charge in [-0.05, 0) is 19.9 Å². The molecule has 8 nitrogen and oxygen atoms in total. The van der Waals surface area contributed by atoms with Crippen LogP contribution in [0.4, 0.5) is 15.8 Å². The van der Waals surface area contributed by atoms with E-state index in [-0.39, 0.29) is 0 Å². The number of anilines is 1. The van der Waals surface area contributed by atoms with E-state index in [4.69, 9.17) is 5.73 Å². The van der Waals surface area contributed by atoms with Gasteiger partial charge in [-0.15, -0.1) is 0 Å². The maximum Gasteiger partial charge on any atom is 0.285 e. The van der Waals surface area contributed by atoms with Gasteiger partial charge in [0.15, 0.2) is 5.82 Å². The van der Waals surface area contributed by atoms with Gasteiger partial charge >= 0.3 is 0 Å². The fourth-order valence-electron chi connectivity index (χ4n) is 1.58. The van der Waals surface area contributed by atoms with Gasteiger partial charge in [0.1, 0.15) is 11.6 Å². The largest absolute Gasteiger partial charge is 0.396 e. The highest BCUT2D eigenvalue weighted by atomic mass is 19.1. The molecule has 0 bridgehead atoms. The van der Waals surface area contributed by atoms with E-state index >= 15 is 0 Å². The van der Waals surface area contributed by atoms with Crippen molar-refractivity contribution in [1.29, 1.82) is 0 Å². The standard InChI is InChI=1S/C12H15FN4O4/c1-3-15-11(18)6(2)16-12(19)7-4-9(14)8(13)5-10(7)17(20)21/h4-6H,3,14H2,1-2H3,(H,15,18)(H,16,19). The number of benzene rings is 1. The van der Waals surface area contributed by atoms with Crippen LogP contribution in [0.15, 0.2) is 12.1 Å². The Balaban J connectivity index is 3.04. The van der Waals surface area contributed by atoms with E-state index in [1.807, 2.05) is 0 Å². The minimum Gasteiger partial charge on any atom is -0.396 e. The molecular weight excluding hydrogens is 283 g/mol.